The van der Waals surface area contributed by atoms with Crippen molar-refractivity contribution in [3.05, 3.63) is 11.6 Å². The predicted molar refractivity (Wildman–Crippen MR) is 43.5 cm³/mol. The first-order valence-corrected chi connectivity index (χ1v) is 3.88. The summed E-state index contributed by atoms with van der Waals surface area (Å²) in [5, 5.41) is 0. The van der Waals surface area contributed by atoms with Crippen molar-refractivity contribution in [3.8, 4) is 0 Å². The maximum atomic E-state index is 2.36. The molecule has 0 fully saturated rings. The normalized spacial score (nSPS) is 15.8. The Labute approximate surface area is 59.0 Å². The van der Waals surface area contributed by atoms with Crippen LogP contribution < -0.4 is 0 Å². The van der Waals surface area contributed by atoms with Crippen molar-refractivity contribution in [3.63, 3.8) is 0 Å². The zero-order valence-corrected chi connectivity index (χ0v) is 7.07. The minimum atomic E-state index is 0.768. The Hall–Kier alpha value is -0.260. The average Bonchev–Trinajstić information content (AvgIpc) is 1.87. The molecule has 0 saturated heterocycles. The third-order valence-corrected chi connectivity index (χ3v) is 1.77. The fraction of sp³-hybridized carbons (Fsp3) is 0.778. The molecule has 0 amide bonds. The van der Waals surface area contributed by atoms with E-state index in [0.717, 1.165) is 5.92 Å². The molecular formula is C9H18. The molecule has 0 aromatic carbocycles. The molecule has 0 rings (SSSR count). The van der Waals surface area contributed by atoms with Crippen molar-refractivity contribution in [1.82, 2.24) is 0 Å². The number of hydrogen-bond acceptors (Lipinski definition) is 0. The molecular weight excluding hydrogens is 108 g/mol. The third-order valence-electron chi connectivity index (χ3n) is 1.77. The minimum Gasteiger partial charge on any atom is -0.0828 e. The second-order valence-electron chi connectivity index (χ2n) is 2.75. The van der Waals surface area contributed by atoms with Gasteiger partial charge in [-0.05, 0) is 19.3 Å². The predicted octanol–water partition coefficient (Wildman–Crippen LogP) is 3.39. The summed E-state index contributed by atoms with van der Waals surface area (Å²) in [7, 11) is 0. The van der Waals surface area contributed by atoms with Gasteiger partial charge in [0.05, 0.1) is 0 Å². The molecule has 0 bridgehead atoms. The van der Waals surface area contributed by atoms with Crippen LogP contribution >= 0.6 is 0 Å². The molecule has 54 valence electrons. The Balaban J connectivity index is 3.64. The lowest BCUT2D eigenvalue weighted by molar-refractivity contribution is 0.689. The lowest BCUT2D eigenvalue weighted by Crippen LogP contribution is -1.86. The maximum Gasteiger partial charge on any atom is -0.0262 e. The highest BCUT2D eigenvalue weighted by Crippen LogP contribution is 2.08. The third kappa shape index (κ3) is 4.26. The van der Waals surface area contributed by atoms with Gasteiger partial charge in [0.25, 0.3) is 0 Å². The van der Waals surface area contributed by atoms with E-state index in [1.807, 2.05) is 0 Å². The molecule has 0 aliphatic carbocycles. The second-order valence-corrected chi connectivity index (χ2v) is 2.75. The highest BCUT2D eigenvalue weighted by molar-refractivity contribution is 4.98. The van der Waals surface area contributed by atoms with Crippen LogP contribution in [0, 0.1) is 5.92 Å². The monoisotopic (exact) mass is 126 g/mol. The highest BCUT2D eigenvalue weighted by atomic mass is 14.0. The molecule has 9 heavy (non-hydrogen) atoms. The fourth-order valence-corrected chi connectivity index (χ4v) is 0.721. The molecule has 0 aromatic rings. The smallest absolute Gasteiger partial charge is 0.0262 e. The molecule has 0 aliphatic rings. The summed E-state index contributed by atoms with van der Waals surface area (Å²) in [5.74, 6) is 0.768. The SMILES string of the molecule is CC/C(C)=C/[C@@H](C)CC. The van der Waals surface area contributed by atoms with Gasteiger partial charge in [-0.1, -0.05) is 38.8 Å². The average molecular weight is 126 g/mol. The van der Waals surface area contributed by atoms with Crippen LogP contribution in [0.3, 0.4) is 0 Å². The lowest BCUT2D eigenvalue weighted by Gasteiger charge is -2.01. The molecule has 0 aliphatic heterocycles. The first-order valence-electron chi connectivity index (χ1n) is 3.88. The molecule has 0 saturated carbocycles. The van der Waals surface area contributed by atoms with Crippen molar-refractivity contribution in [2.75, 3.05) is 0 Å². The van der Waals surface area contributed by atoms with Crippen molar-refractivity contribution in [1.29, 1.82) is 0 Å². The van der Waals surface area contributed by atoms with E-state index >= 15 is 0 Å². The zero-order chi connectivity index (χ0) is 7.28. The number of allylic oxidation sites excluding steroid dienone is 2. The van der Waals surface area contributed by atoms with Gasteiger partial charge < -0.3 is 0 Å². The van der Waals surface area contributed by atoms with E-state index in [2.05, 4.69) is 33.8 Å². The molecule has 1 atom stereocenters. The van der Waals surface area contributed by atoms with Gasteiger partial charge in [0.15, 0.2) is 0 Å². The Morgan fingerprint density at radius 1 is 1.44 bits per heavy atom. The van der Waals surface area contributed by atoms with Gasteiger partial charge in [0, 0.05) is 0 Å². The summed E-state index contributed by atoms with van der Waals surface area (Å²) in [6.45, 7) is 8.89. The van der Waals surface area contributed by atoms with E-state index in [4.69, 9.17) is 0 Å². The fourth-order valence-electron chi connectivity index (χ4n) is 0.721. The molecule has 0 spiro atoms. The topological polar surface area (TPSA) is 0 Å². The highest BCUT2D eigenvalue weighted by Gasteiger charge is 1.91. The molecule has 0 radical (unpaired) electrons. The van der Waals surface area contributed by atoms with Crippen LogP contribution in [0.2, 0.25) is 0 Å². The van der Waals surface area contributed by atoms with Crippen molar-refractivity contribution < 1.29 is 0 Å². The van der Waals surface area contributed by atoms with Crippen molar-refractivity contribution in [2.45, 2.75) is 40.5 Å². The van der Waals surface area contributed by atoms with Crippen LogP contribution in [0.1, 0.15) is 40.5 Å². The van der Waals surface area contributed by atoms with E-state index in [1.54, 1.807) is 0 Å². The first-order chi connectivity index (χ1) is 4.20. The molecule has 0 nitrogen and oxygen atoms in total. The molecule has 0 unspecified atom stereocenters. The summed E-state index contributed by atoms with van der Waals surface area (Å²) >= 11 is 0. The quantitative estimate of drug-likeness (QED) is 0.508. The summed E-state index contributed by atoms with van der Waals surface area (Å²) in [4.78, 5) is 0. The van der Waals surface area contributed by atoms with Gasteiger partial charge in [-0.15, -0.1) is 0 Å². The molecule has 0 aromatic heterocycles. The van der Waals surface area contributed by atoms with Crippen molar-refractivity contribution in [2.24, 2.45) is 5.92 Å². The molecule has 0 heteroatoms. The van der Waals surface area contributed by atoms with E-state index < -0.39 is 0 Å². The van der Waals surface area contributed by atoms with Gasteiger partial charge >= 0.3 is 0 Å². The summed E-state index contributed by atoms with van der Waals surface area (Å²) < 4.78 is 0. The van der Waals surface area contributed by atoms with E-state index in [-0.39, 0.29) is 0 Å². The Bertz CT molecular complexity index is 90.2. The van der Waals surface area contributed by atoms with Gasteiger partial charge in [-0.25, -0.2) is 0 Å². The number of rotatable bonds is 3. The van der Waals surface area contributed by atoms with Gasteiger partial charge in [-0.3, -0.25) is 0 Å². The van der Waals surface area contributed by atoms with E-state index in [0.29, 0.717) is 0 Å². The van der Waals surface area contributed by atoms with Crippen molar-refractivity contribution >= 4 is 0 Å². The zero-order valence-electron chi connectivity index (χ0n) is 7.07. The summed E-state index contributed by atoms with van der Waals surface area (Å²) in [6.07, 6.45) is 4.82. The number of hydrogen-bond donors (Lipinski definition) is 0. The summed E-state index contributed by atoms with van der Waals surface area (Å²) in [5.41, 5.74) is 1.52. The van der Waals surface area contributed by atoms with Crippen LogP contribution in [0.25, 0.3) is 0 Å². The minimum absolute atomic E-state index is 0.768. The molecule has 0 N–H and O–H groups in total. The Morgan fingerprint density at radius 2 is 2.00 bits per heavy atom. The maximum absolute atomic E-state index is 2.36. The van der Waals surface area contributed by atoms with Crippen LogP contribution in [0.4, 0.5) is 0 Å². The van der Waals surface area contributed by atoms with Crippen LogP contribution in [0.15, 0.2) is 11.6 Å². The van der Waals surface area contributed by atoms with Gasteiger partial charge in [0.2, 0.25) is 0 Å². The van der Waals surface area contributed by atoms with Crippen LogP contribution in [-0.2, 0) is 0 Å². The van der Waals surface area contributed by atoms with E-state index in [9.17, 15) is 0 Å². The van der Waals surface area contributed by atoms with Gasteiger partial charge in [0.1, 0.15) is 0 Å². The lowest BCUT2D eigenvalue weighted by atomic mass is 10.0. The van der Waals surface area contributed by atoms with Crippen LogP contribution in [0.5, 0.6) is 0 Å². The van der Waals surface area contributed by atoms with E-state index in [1.165, 1.54) is 18.4 Å². The standard InChI is InChI=1S/C9H18/c1-5-8(3)7-9(4)6-2/h7-8H,5-6H2,1-4H3/b9-7+/t8-/m0/s1. The van der Waals surface area contributed by atoms with Gasteiger partial charge in [-0.2, -0.15) is 0 Å². The summed E-state index contributed by atoms with van der Waals surface area (Å²) in [6, 6.07) is 0. The second kappa shape index (κ2) is 4.60. The van der Waals surface area contributed by atoms with Crippen LogP contribution in [-0.4, -0.2) is 0 Å². The molecule has 0 heterocycles. The Kier molecular flexibility index (Phi) is 4.47. The first kappa shape index (κ1) is 8.74. The largest absolute Gasteiger partial charge is 0.0828 e. The Morgan fingerprint density at radius 3 is 2.33 bits per heavy atom.